The molecule has 48 heavy (non-hydrogen) atoms. The van der Waals surface area contributed by atoms with Crippen LogP contribution in [-0.4, -0.2) is 15.9 Å². The van der Waals surface area contributed by atoms with Crippen molar-refractivity contribution in [2.24, 2.45) is 0 Å². The predicted octanol–water partition coefficient (Wildman–Crippen LogP) is 10.8. The summed E-state index contributed by atoms with van der Waals surface area (Å²) in [7, 11) is 0. The lowest BCUT2D eigenvalue weighted by atomic mass is 9.45. The second kappa shape index (κ2) is 8.61. The molecule has 11 rings (SSSR count). The highest BCUT2D eigenvalue weighted by atomic mass is 32.1. The number of fused-ring (bicyclic) bond motifs is 14. The van der Waals surface area contributed by atoms with Crippen LogP contribution in [0.15, 0.2) is 103 Å². The molecule has 230 valence electrons. The maximum absolute atomic E-state index is 2.72. The van der Waals surface area contributed by atoms with Gasteiger partial charge in [0.15, 0.2) is 0 Å². The molecule has 0 unspecified atom stereocenters. The summed E-state index contributed by atoms with van der Waals surface area (Å²) >= 11 is 1.94. The summed E-state index contributed by atoms with van der Waals surface area (Å²) in [5, 5.41) is 8.08. The van der Waals surface area contributed by atoms with Crippen molar-refractivity contribution in [2.45, 2.75) is 52.4 Å². The van der Waals surface area contributed by atoms with E-state index in [0.717, 1.165) is 0 Å². The van der Waals surface area contributed by atoms with Crippen LogP contribution in [0.3, 0.4) is 0 Å². The third kappa shape index (κ3) is 3.20. The van der Waals surface area contributed by atoms with Crippen LogP contribution in [0.1, 0.15) is 52.7 Å². The molecule has 2 aliphatic heterocycles. The third-order valence-corrected chi connectivity index (χ3v) is 12.6. The van der Waals surface area contributed by atoms with Crippen LogP contribution < -0.4 is 10.9 Å². The summed E-state index contributed by atoms with van der Waals surface area (Å²) in [6, 6.07) is 39.9. The second-order valence-electron chi connectivity index (χ2n) is 16.2. The van der Waals surface area contributed by atoms with Gasteiger partial charge in [-0.3, -0.25) is 0 Å². The van der Waals surface area contributed by atoms with Crippen LogP contribution in [0.4, 0.5) is 0 Å². The highest BCUT2D eigenvalue weighted by Gasteiger charge is 2.43. The molecule has 2 nitrogen and oxygen atoms in total. The summed E-state index contributed by atoms with van der Waals surface area (Å²) < 4.78 is 8.10. The van der Waals surface area contributed by atoms with Crippen LogP contribution >= 0.6 is 11.3 Å². The molecular weight excluding hydrogens is 599 g/mol. The first-order chi connectivity index (χ1) is 23.1. The summed E-state index contributed by atoms with van der Waals surface area (Å²) in [6.07, 6.45) is 0. The number of benzene rings is 6. The molecule has 0 amide bonds. The van der Waals surface area contributed by atoms with E-state index in [1.807, 2.05) is 11.3 Å². The average Bonchev–Trinajstić information content (AvgIpc) is 3.71. The molecule has 0 N–H and O–H groups in total. The lowest BCUT2D eigenvalue weighted by molar-refractivity contribution is 0.590. The Morgan fingerprint density at radius 1 is 0.583 bits per heavy atom. The second-order valence-corrected chi connectivity index (χ2v) is 17.2. The van der Waals surface area contributed by atoms with Gasteiger partial charge in [0.25, 0.3) is 0 Å². The fourth-order valence-electron chi connectivity index (χ4n) is 9.07. The van der Waals surface area contributed by atoms with Gasteiger partial charge in [-0.15, -0.1) is 11.3 Å². The van der Waals surface area contributed by atoms with Gasteiger partial charge in [0.1, 0.15) is 0 Å². The molecule has 5 heterocycles. The number of rotatable bonds is 0. The highest BCUT2D eigenvalue weighted by Crippen LogP contribution is 2.49. The molecule has 6 aromatic carbocycles. The van der Waals surface area contributed by atoms with E-state index in [0.29, 0.717) is 0 Å². The van der Waals surface area contributed by atoms with Crippen LogP contribution in [-0.2, 0) is 10.8 Å². The largest absolute Gasteiger partial charge is 0.375 e. The van der Waals surface area contributed by atoms with Gasteiger partial charge in [-0.1, -0.05) is 108 Å². The van der Waals surface area contributed by atoms with E-state index < -0.39 is 0 Å². The zero-order valence-electron chi connectivity index (χ0n) is 28.2. The lowest BCUT2D eigenvalue weighted by Gasteiger charge is -2.35. The van der Waals surface area contributed by atoms with Crippen molar-refractivity contribution in [3.8, 4) is 16.8 Å². The average molecular weight is 635 g/mol. The van der Waals surface area contributed by atoms with Gasteiger partial charge in [-0.2, -0.15) is 0 Å². The Hall–Kier alpha value is -4.80. The zero-order valence-corrected chi connectivity index (χ0v) is 29.0. The fraction of sp³-hybridized carbons (Fsp3) is 0.182. The van der Waals surface area contributed by atoms with Crippen LogP contribution in [0.25, 0.3) is 80.6 Å². The number of aromatic nitrogens is 2. The van der Waals surface area contributed by atoms with Gasteiger partial charge < -0.3 is 9.05 Å². The van der Waals surface area contributed by atoms with Crippen LogP contribution in [0.5, 0.6) is 0 Å². The summed E-state index contributed by atoms with van der Waals surface area (Å²) in [5.74, 6) is 0. The molecule has 2 aliphatic rings. The molecule has 0 fully saturated rings. The third-order valence-electron chi connectivity index (χ3n) is 11.4. The topological polar surface area (TPSA) is 9.86 Å². The van der Waals surface area contributed by atoms with E-state index in [2.05, 4.69) is 154 Å². The minimum absolute atomic E-state index is 0.00317. The van der Waals surface area contributed by atoms with Gasteiger partial charge in [0.05, 0.1) is 15.7 Å². The zero-order chi connectivity index (χ0) is 32.4. The Morgan fingerprint density at radius 3 is 2.12 bits per heavy atom. The number of hydrogen-bond acceptors (Lipinski definition) is 1. The fourth-order valence-corrected chi connectivity index (χ4v) is 10.3. The van der Waals surface area contributed by atoms with Gasteiger partial charge in [0, 0.05) is 48.5 Å². The monoisotopic (exact) mass is 634 g/mol. The summed E-state index contributed by atoms with van der Waals surface area (Å²) in [4.78, 5) is 0. The number of para-hydroxylation sites is 1. The SMILES string of the molecule is CC(C)(C)c1ccc2c(c1)c1cc(C(C)(C)C)cc3c1n2B1c2c(cc4ccccc4c2-3)-n2c3c1cccc3c1sc3ccccc3c12. The van der Waals surface area contributed by atoms with Crippen molar-refractivity contribution in [1.29, 1.82) is 0 Å². The van der Waals surface area contributed by atoms with Gasteiger partial charge in [-0.05, 0) is 85.6 Å². The van der Waals surface area contributed by atoms with Gasteiger partial charge in [-0.25, -0.2) is 0 Å². The number of nitrogens with zero attached hydrogens (tertiary/aromatic N) is 2. The Bertz CT molecular complexity index is 2920. The molecular formula is C44H35BN2S. The van der Waals surface area contributed by atoms with Crippen molar-refractivity contribution in [1.82, 2.24) is 9.05 Å². The molecule has 0 aliphatic carbocycles. The van der Waals surface area contributed by atoms with Crippen molar-refractivity contribution in [3.63, 3.8) is 0 Å². The molecule has 0 atom stereocenters. The van der Waals surface area contributed by atoms with E-state index in [1.54, 1.807) is 0 Å². The molecule has 0 saturated heterocycles. The van der Waals surface area contributed by atoms with Crippen molar-refractivity contribution in [2.75, 3.05) is 0 Å². The van der Waals surface area contributed by atoms with Crippen LogP contribution in [0.2, 0.25) is 0 Å². The molecule has 3 aromatic heterocycles. The molecule has 0 bridgehead atoms. The van der Waals surface area contributed by atoms with E-state index in [-0.39, 0.29) is 17.7 Å². The van der Waals surface area contributed by atoms with Crippen LogP contribution in [0, 0.1) is 0 Å². The minimum Gasteiger partial charge on any atom is -0.375 e. The molecule has 0 saturated carbocycles. The Morgan fingerprint density at radius 2 is 1.31 bits per heavy atom. The molecule has 0 radical (unpaired) electrons. The minimum atomic E-state index is 0.00317. The van der Waals surface area contributed by atoms with Gasteiger partial charge >= 0.3 is 6.85 Å². The smallest absolute Gasteiger partial charge is 0.333 e. The Balaban J connectivity index is 1.42. The standard InChI is InChI=1S/C44H35BN2S/c1-43(2,3)25-18-19-34-30(21-25)31-22-26(44(4,5)6)23-32-37-27-13-8-7-12-24(27)20-35-38(37)45(47(34)39(31)32)33-16-11-15-29-40(33)46(35)41-28-14-9-10-17-36(28)48-42(29)41/h7-23H,1-6H3. The molecule has 9 aromatic rings. The van der Waals surface area contributed by atoms with E-state index in [1.165, 1.54) is 103 Å². The Labute approximate surface area is 284 Å². The van der Waals surface area contributed by atoms with Gasteiger partial charge in [0.2, 0.25) is 0 Å². The van der Waals surface area contributed by atoms with E-state index in [4.69, 9.17) is 0 Å². The van der Waals surface area contributed by atoms with Crippen molar-refractivity contribution < 1.29 is 0 Å². The first-order valence-corrected chi connectivity index (χ1v) is 18.0. The lowest BCUT2D eigenvalue weighted by Crippen LogP contribution is -2.55. The first kappa shape index (κ1) is 27.2. The quantitative estimate of drug-likeness (QED) is 0.147. The Kier molecular flexibility index (Phi) is 4.88. The van der Waals surface area contributed by atoms with Crippen molar-refractivity contribution >= 4 is 92.9 Å². The first-order valence-electron chi connectivity index (χ1n) is 17.2. The predicted molar refractivity (Wildman–Crippen MR) is 210 cm³/mol. The molecule has 0 spiro atoms. The maximum Gasteiger partial charge on any atom is 0.333 e. The summed E-state index contributed by atoms with van der Waals surface area (Å²) in [5.41, 5.74) is 15.1. The summed E-state index contributed by atoms with van der Waals surface area (Å²) in [6.45, 7) is 14.1. The van der Waals surface area contributed by atoms with Crippen molar-refractivity contribution in [3.05, 3.63) is 114 Å². The molecule has 4 heteroatoms. The van der Waals surface area contributed by atoms with E-state index >= 15 is 0 Å². The maximum atomic E-state index is 2.72. The van der Waals surface area contributed by atoms with E-state index in [9.17, 15) is 0 Å². The highest BCUT2D eigenvalue weighted by molar-refractivity contribution is 7.26. The normalized spacial score (nSPS) is 14.0. The number of hydrogen-bond donors (Lipinski definition) is 0. The number of thiophene rings is 1.